The number of hydrogen-bond donors (Lipinski definition) is 2. The van der Waals surface area contributed by atoms with Crippen molar-refractivity contribution in [2.75, 3.05) is 46.8 Å². The van der Waals surface area contributed by atoms with Gasteiger partial charge in [-0.1, -0.05) is 13.8 Å². The molecule has 19 heavy (non-hydrogen) atoms. The summed E-state index contributed by atoms with van der Waals surface area (Å²) in [5, 5.41) is 6.04. The maximum absolute atomic E-state index is 11.8. The second-order valence-corrected chi connectivity index (χ2v) is 5.91. The topological polar surface area (TPSA) is 47.6 Å². The number of hydrogen-bond acceptors (Lipinski definition) is 4. The molecular formula is C14H30N4O. The number of piperazine rings is 1. The molecule has 0 aromatic rings. The van der Waals surface area contributed by atoms with Crippen LogP contribution in [0, 0.1) is 5.92 Å². The SMILES string of the molecule is CNC(C)C(=O)NCC(C(C)C)N1CCN(C)CC1. The van der Waals surface area contributed by atoms with Crippen molar-refractivity contribution in [3.05, 3.63) is 0 Å². The minimum absolute atomic E-state index is 0.0854. The van der Waals surface area contributed by atoms with Gasteiger partial charge in [0.2, 0.25) is 5.91 Å². The van der Waals surface area contributed by atoms with E-state index in [1.54, 1.807) is 0 Å². The number of carbonyl (C=O) groups is 1. The average Bonchev–Trinajstić information content (AvgIpc) is 2.39. The Morgan fingerprint density at radius 3 is 2.21 bits per heavy atom. The second-order valence-electron chi connectivity index (χ2n) is 5.91. The summed E-state index contributed by atoms with van der Waals surface area (Å²) in [7, 11) is 3.97. The second kappa shape index (κ2) is 7.82. The van der Waals surface area contributed by atoms with E-state index in [1.165, 1.54) is 0 Å². The van der Waals surface area contributed by atoms with E-state index in [-0.39, 0.29) is 11.9 Å². The third-order valence-electron chi connectivity index (χ3n) is 4.09. The molecule has 1 fully saturated rings. The molecule has 0 aromatic heterocycles. The number of likely N-dealkylation sites (N-methyl/N-ethyl adjacent to an activating group) is 2. The van der Waals surface area contributed by atoms with Gasteiger partial charge in [-0.15, -0.1) is 0 Å². The number of carbonyl (C=O) groups excluding carboxylic acids is 1. The number of nitrogens with one attached hydrogen (secondary N) is 2. The summed E-state index contributed by atoms with van der Waals surface area (Å²) in [4.78, 5) is 16.7. The van der Waals surface area contributed by atoms with Crippen LogP contribution in [0.5, 0.6) is 0 Å². The van der Waals surface area contributed by atoms with Crippen molar-refractivity contribution in [2.45, 2.75) is 32.9 Å². The molecule has 2 N–H and O–H groups in total. The standard InChI is InChI=1S/C14H30N4O/c1-11(2)13(10-16-14(19)12(3)15-4)18-8-6-17(5)7-9-18/h11-13,15H,6-10H2,1-5H3,(H,16,19). The van der Waals surface area contributed by atoms with Crippen LogP contribution < -0.4 is 10.6 Å². The number of amides is 1. The summed E-state index contributed by atoms with van der Waals surface area (Å²) in [5.74, 6) is 0.635. The zero-order valence-corrected chi connectivity index (χ0v) is 13.1. The summed E-state index contributed by atoms with van der Waals surface area (Å²) in [6.45, 7) is 11.5. The van der Waals surface area contributed by atoms with E-state index in [0.717, 1.165) is 32.7 Å². The van der Waals surface area contributed by atoms with Crippen molar-refractivity contribution in [3.8, 4) is 0 Å². The first-order chi connectivity index (χ1) is 8.95. The molecule has 1 saturated heterocycles. The molecule has 2 unspecified atom stereocenters. The van der Waals surface area contributed by atoms with Crippen LogP contribution >= 0.6 is 0 Å². The quantitative estimate of drug-likeness (QED) is 0.712. The Morgan fingerprint density at radius 2 is 1.74 bits per heavy atom. The minimum Gasteiger partial charge on any atom is -0.353 e. The first-order valence-corrected chi connectivity index (χ1v) is 7.33. The van der Waals surface area contributed by atoms with Crippen LogP contribution in [0.3, 0.4) is 0 Å². The van der Waals surface area contributed by atoms with Gasteiger partial charge in [-0.25, -0.2) is 0 Å². The highest BCUT2D eigenvalue weighted by Crippen LogP contribution is 2.12. The third kappa shape index (κ3) is 5.09. The van der Waals surface area contributed by atoms with Gasteiger partial charge in [-0.05, 0) is 26.9 Å². The van der Waals surface area contributed by atoms with Crippen molar-refractivity contribution >= 4 is 5.91 Å². The molecule has 5 nitrogen and oxygen atoms in total. The Kier molecular flexibility index (Phi) is 6.75. The van der Waals surface area contributed by atoms with E-state index >= 15 is 0 Å². The Hall–Kier alpha value is -0.650. The van der Waals surface area contributed by atoms with Gasteiger partial charge in [0.1, 0.15) is 0 Å². The predicted molar refractivity (Wildman–Crippen MR) is 79.2 cm³/mol. The van der Waals surface area contributed by atoms with Gasteiger partial charge in [0.15, 0.2) is 0 Å². The molecular weight excluding hydrogens is 240 g/mol. The Balaban J connectivity index is 2.47. The highest BCUT2D eigenvalue weighted by molar-refractivity contribution is 5.81. The lowest BCUT2D eigenvalue weighted by Crippen LogP contribution is -2.55. The van der Waals surface area contributed by atoms with Crippen molar-refractivity contribution in [1.29, 1.82) is 0 Å². The van der Waals surface area contributed by atoms with Crippen LogP contribution in [-0.2, 0) is 4.79 Å². The van der Waals surface area contributed by atoms with Crippen molar-refractivity contribution < 1.29 is 4.79 Å². The molecule has 1 aliphatic rings. The zero-order valence-electron chi connectivity index (χ0n) is 13.1. The van der Waals surface area contributed by atoms with E-state index in [0.29, 0.717) is 12.0 Å². The van der Waals surface area contributed by atoms with Crippen LogP contribution in [0.25, 0.3) is 0 Å². The molecule has 0 aliphatic carbocycles. The number of nitrogens with zero attached hydrogens (tertiary/aromatic N) is 2. The van der Waals surface area contributed by atoms with Crippen molar-refractivity contribution in [1.82, 2.24) is 20.4 Å². The molecule has 1 aliphatic heterocycles. The average molecular weight is 270 g/mol. The first kappa shape index (κ1) is 16.4. The molecule has 0 radical (unpaired) electrons. The van der Waals surface area contributed by atoms with Gasteiger partial charge in [0.25, 0.3) is 0 Å². The Bertz CT molecular complexity index is 275. The Labute approximate surface area is 117 Å². The van der Waals surface area contributed by atoms with Gasteiger partial charge < -0.3 is 15.5 Å². The highest BCUT2D eigenvalue weighted by atomic mass is 16.2. The fourth-order valence-corrected chi connectivity index (χ4v) is 2.43. The van der Waals surface area contributed by atoms with E-state index in [2.05, 4.69) is 41.3 Å². The molecule has 0 spiro atoms. The lowest BCUT2D eigenvalue weighted by atomic mass is 10.0. The van der Waals surface area contributed by atoms with Gasteiger partial charge >= 0.3 is 0 Å². The molecule has 1 heterocycles. The van der Waals surface area contributed by atoms with Crippen LogP contribution in [0.15, 0.2) is 0 Å². The summed E-state index contributed by atoms with van der Waals surface area (Å²) in [6.07, 6.45) is 0. The van der Waals surface area contributed by atoms with E-state index < -0.39 is 0 Å². The maximum atomic E-state index is 11.8. The van der Waals surface area contributed by atoms with Gasteiger partial charge in [0, 0.05) is 38.8 Å². The van der Waals surface area contributed by atoms with Gasteiger partial charge in [0.05, 0.1) is 6.04 Å². The molecule has 0 aromatic carbocycles. The maximum Gasteiger partial charge on any atom is 0.236 e. The van der Waals surface area contributed by atoms with Gasteiger partial charge in [-0.2, -0.15) is 0 Å². The summed E-state index contributed by atoms with van der Waals surface area (Å²) >= 11 is 0. The van der Waals surface area contributed by atoms with Crippen LogP contribution in [0.1, 0.15) is 20.8 Å². The largest absolute Gasteiger partial charge is 0.353 e. The van der Waals surface area contributed by atoms with Gasteiger partial charge in [-0.3, -0.25) is 9.69 Å². The predicted octanol–water partition coefficient (Wildman–Crippen LogP) is -0.0175. The molecule has 2 atom stereocenters. The third-order valence-corrected chi connectivity index (χ3v) is 4.09. The molecule has 112 valence electrons. The van der Waals surface area contributed by atoms with E-state index in [1.807, 2.05) is 14.0 Å². The van der Waals surface area contributed by atoms with Crippen LogP contribution in [0.4, 0.5) is 0 Å². The summed E-state index contributed by atoms with van der Waals surface area (Å²) in [5.41, 5.74) is 0. The molecule has 1 amide bonds. The van der Waals surface area contributed by atoms with Crippen LogP contribution in [0.2, 0.25) is 0 Å². The number of rotatable bonds is 6. The fraction of sp³-hybridized carbons (Fsp3) is 0.929. The fourth-order valence-electron chi connectivity index (χ4n) is 2.43. The lowest BCUT2D eigenvalue weighted by Gasteiger charge is -2.40. The van der Waals surface area contributed by atoms with E-state index in [9.17, 15) is 4.79 Å². The Morgan fingerprint density at radius 1 is 1.16 bits per heavy atom. The van der Waals surface area contributed by atoms with Crippen LogP contribution in [-0.4, -0.2) is 74.6 Å². The molecule has 0 saturated carbocycles. The normalized spacial score (nSPS) is 21.4. The van der Waals surface area contributed by atoms with Crippen molar-refractivity contribution in [3.63, 3.8) is 0 Å². The molecule has 5 heteroatoms. The smallest absolute Gasteiger partial charge is 0.236 e. The van der Waals surface area contributed by atoms with Crippen molar-refractivity contribution in [2.24, 2.45) is 5.92 Å². The first-order valence-electron chi connectivity index (χ1n) is 7.33. The minimum atomic E-state index is -0.125. The molecule has 0 bridgehead atoms. The lowest BCUT2D eigenvalue weighted by molar-refractivity contribution is -0.123. The summed E-state index contributed by atoms with van der Waals surface area (Å²) in [6, 6.07) is 0.307. The summed E-state index contributed by atoms with van der Waals surface area (Å²) < 4.78 is 0. The monoisotopic (exact) mass is 270 g/mol. The van der Waals surface area contributed by atoms with E-state index in [4.69, 9.17) is 0 Å². The molecule has 1 rings (SSSR count). The zero-order chi connectivity index (χ0) is 14.4. The highest BCUT2D eigenvalue weighted by Gasteiger charge is 2.25.